The van der Waals surface area contributed by atoms with Crippen LogP contribution < -0.4 is 14.8 Å². The minimum atomic E-state index is -0.171. The highest BCUT2D eigenvalue weighted by molar-refractivity contribution is 9.10. The largest absolute Gasteiger partial charge is 0.507 e. The molecule has 0 spiro atoms. The lowest BCUT2D eigenvalue weighted by atomic mass is 10.2. The number of carbonyl (C=O) groups excluding carboxylic acids is 1. The Morgan fingerprint density at radius 2 is 2.03 bits per heavy atom. The molecule has 0 fully saturated rings. The van der Waals surface area contributed by atoms with Gasteiger partial charge >= 0.3 is 0 Å². The number of benzene rings is 3. The molecule has 0 radical (unpaired) electrons. The maximum atomic E-state index is 12.5. The van der Waals surface area contributed by atoms with Gasteiger partial charge in [0, 0.05) is 22.3 Å². The highest BCUT2D eigenvalue weighted by Crippen LogP contribution is 2.33. The first-order valence-electron chi connectivity index (χ1n) is 10.0. The highest BCUT2D eigenvalue weighted by Gasteiger charge is 2.12. The van der Waals surface area contributed by atoms with Gasteiger partial charge in [-0.2, -0.15) is 0 Å². The first-order chi connectivity index (χ1) is 16.4. The lowest BCUT2D eigenvalue weighted by Gasteiger charge is -2.11. The van der Waals surface area contributed by atoms with E-state index in [0.29, 0.717) is 22.7 Å². The van der Waals surface area contributed by atoms with E-state index in [1.54, 1.807) is 56.8 Å². The molecule has 4 aromatic rings. The minimum absolute atomic E-state index is 0.161. The van der Waals surface area contributed by atoms with Gasteiger partial charge in [-0.3, -0.25) is 9.79 Å². The Labute approximate surface area is 213 Å². The van der Waals surface area contributed by atoms with E-state index in [2.05, 4.69) is 31.2 Å². The number of aliphatic imine (C=N–C) groups is 1. The third-order valence-electron chi connectivity index (χ3n) is 4.70. The zero-order valence-corrected chi connectivity index (χ0v) is 21.5. The summed E-state index contributed by atoms with van der Waals surface area (Å²) in [4.78, 5) is 21.6. The van der Waals surface area contributed by atoms with Crippen LogP contribution in [0.15, 0.2) is 68.4 Å². The number of phenols is 1. The number of fused-ring (bicyclic) bond motifs is 1. The molecular formula is C24H20BrN3O4S2. The molecule has 174 valence electrons. The van der Waals surface area contributed by atoms with Crippen LogP contribution in [0, 0.1) is 0 Å². The lowest BCUT2D eigenvalue weighted by Crippen LogP contribution is -2.14. The van der Waals surface area contributed by atoms with E-state index in [1.165, 1.54) is 23.1 Å². The first kappa shape index (κ1) is 24.1. The number of hydrogen-bond acceptors (Lipinski definition) is 8. The van der Waals surface area contributed by atoms with Crippen molar-refractivity contribution in [2.45, 2.75) is 4.34 Å². The van der Waals surface area contributed by atoms with Gasteiger partial charge in [-0.15, -0.1) is 11.3 Å². The summed E-state index contributed by atoms with van der Waals surface area (Å²) >= 11 is 6.25. The van der Waals surface area contributed by atoms with Crippen molar-refractivity contribution in [2.24, 2.45) is 4.99 Å². The molecule has 0 saturated carbocycles. The summed E-state index contributed by atoms with van der Waals surface area (Å²) in [7, 11) is 3.12. The van der Waals surface area contributed by atoms with E-state index in [-0.39, 0.29) is 17.4 Å². The van der Waals surface area contributed by atoms with Crippen LogP contribution in [0.3, 0.4) is 0 Å². The summed E-state index contributed by atoms with van der Waals surface area (Å²) in [5.41, 5.74) is 2.76. The number of anilines is 1. The Hall–Kier alpha value is -3.08. The van der Waals surface area contributed by atoms with Crippen LogP contribution in [0.1, 0.15) is 5.56 Å². The number of thiazole rings is 1. The Balaban J connectivity index is 1.42. The molecule has 0 aliphatic heterocycles. The molecule has 1 aromatic heterocycles. The third kappa shape index (κ3) is 5.88. The van der Waals surface area contributed by atoms with Gasteiger partial charge in [0.15, 0.2) is 4.34 Å². The quantitative estimate of drug-likeness (QED) is 0.196. The molecule has 1 heterocycles. The van der Waals surface area contributed by atoms with E-state index in [0.717, 1.165) is 24.7 Å². The number of hydrogen-bond donors (Lipinski definition) is 2. The molecule has 0 bridgehead atoms. The van der Waals surface area contributed by atoms with Crippen molar-refractivity contribution in [1.29, 1.82) is 0 Å². The summed E-state index contributed by atoms with van der Waals surface area (Å²) in [6.45, 7) is 0. The molecule has 0 atom stereocenters. The number of carbonyl (C=O) groups is 1. The summed E-state index contributed by atoms with van der Waals surface area (Å²) in [5, 5.41) is 12.8. The summed E-state index contributed by atoms with van der Waals surface area (Å²) < 4.78 is 13.1. The van der Waals surface area contributed by atoms with Crippen LogP contribution >= 0.6 is 39.0 Å². The predicted octanol–water partition coefficient (Wildman–Crippen LogP) is 6.26. The van der Waals surface area contributed by atoms with Crippen LogP contribution in [-0.2, 0) is 4.79 Å². The number of halogens is 1. The van der Waals surface area contributed by atoms with Gasteiger partial charge in [-0.1, -0.05) is 27.7 Å². The standard InChI is InChI=1S/C24H20BrN3O4S2/c1-31-17-5-8-21(32-2)19(11-17)27-23(30)13-33-24-28-18-6-4-16(10-22(18)34-24)26-12-14-9-15(25)3-7-20(14)29/h3-12,29H,13H2,1-2H3,(H,27,30). The van der Waals surface area contributed by atoms with Crippen LogP contribution in [0.5, 0.6) is 17.2 Å². The number of nitrogens with one attached hydrogen (secondary N) is 1. The van der Waals surface area contributed by atoms with E-state index < -0.39 is 0 Å². The van der Waals surface area contributed by atoms with Crippen molar-refractivity contribution in [3.05, 3.63) is 64.6 Å². The van der Waals surface area contributed by atoms with Crippen molar-refractivity contribution in [3.63, 3.8) is 0 Å². The molecule has 7 nitrogen and oxygen atoms in total. The second kappa shape index (κ2) is 10.9. The second-order valence-corrected chi connectivity index (χ2v) is 10.2. The number of amides is 1. The van der Waals surface area contributed by atoms with Crippen molar-refractivity contribution < 1.29 is 19.4 Å². The van der Waals surface area contributed by atoms with E-state index >= 15 is 0 Å². The SMILES string of the molecule is COc1ccc(OC)c(NC(=O)CSc2nc3ccc(N=Cc4cc(Br)ccc4O)cc3s2)c1. The smallest absolute Gasteiger partial charge is 0.234 e. The van der Waals surface area contributed by atoms with Crippen LogP contribution in [0.2, 0.25) is 0 Å². The van der Waals surface area contributed by atoms with Crippen molar-refractivity contribution in [1.82, 2.24) is 4.98 Å². The predicted molar refractivity (Wildman–Crippen MR) is 142 cm³/mol. The zero-order valence-electron chi connectivity index (χ0n) is 18.2. The Morgan fingerprint density at radius 1 is 1.18 bits per heavy atom. The van der Waals surface area contributed by atoms with Crippen LogP contribution in [0.4, 0.5) is 11.4 Å². The van der Waals surface area contributed by atoms with Gasteiger partial charge in [0.1, 0.15) is 17.2 Å². The molecule has 0 aliphatic carbocycles. The summed E-state index contributed by atoms with van der Waals surface area (Å²) in [6, 6.07) is 16.1. The van der Waals surface area contributed by atoms with Gasteiger partial charge in [0.25, 0.3) is 0 Å². The molecular weight excluding hydrogens is 538 g/mol. The number of nitrogens with zero attached hydrogens (tertiary/aromatic N) is 2. The maximum absolute atomic E-state index is 12.5. The van der Waals surface area contributed by atoms with E-state index in [4.69, 9.17) is 9.47 Å². The number of phenolic OH excluding ortho intramolecular Hbond substituents is 1. The number of methoxy groups -OCH3 is 2. The number of aromatic hydroxyl groups is 1. The fourth-order valence-electron chi connectivity index (χ4n) is 3.03. The van der Waals surface area contributed by atoms with Crippen LogP contribution in [-0.4, -0.2) is 42.2 Å². The fraction of sp³-hybridized carbons (Fsp3) is 0.125. The Kier molecular flexibility index (Phi) is 7.71. The first-order valence-corrected chi connectivity index (χ1v) is 12.6. The molecule has 1 amide bonds. The molecule has 0 saturated heterocycles. The molecule has 10 heteroatoms. The third-order valence-corrected chi connectivity index (χ3v) is 7.36. The number of ether oxygens (including phenoxy) is 2. The van der Waals surface area contributed by atoms with Gasteiger partial charge in [-0.25, -0.2) is 4.98 Å². The van der Waals surface area contributed by atoms with Crippen molar-refractivity contribution >= 4 is 72.7 Å². The molecule has 2 N–H and O–H groups in total. The summed E-state index contributed by atoms with van der Waals surface area (Å²) in [5.74, 6) is 1.38. The average molecular weight is 558 g/mol. The maximum Gasteiger partial charge on any atom is 0.234 e. The topological polar surface area (TPSA) is 93.0 Å². The zero-order chi connectivity index (χ0) is 24.1. The second-order valence-electron chi connectivity index (χ2n) is 7.00. The molecule has 3 aromatic carbocycles. The van der Waals surface area contributed by atoms with Crippen molar-refractivity contribution in [3.8, 4) is 17.2 Å². The molecule has 34 heavy (non-hydrogen) atoms. The van der Waals surface area contributed by atoms with Crippen LogP contribution in [0.25, 0.3) is 10.2 Å². The minimum Gasteiger partial charge on any atom is -0.507 e. The van der Waals surface area contributed by atoms with Gasteiger partial charge in [-0.05, 0) is 48.5 Å². The normalized spacial score (nSPS) is 11.1. The highest BCUT2D eigenvalue weighted by atomic mass is 79.9. The number of rotatable bonds is 8. The molecule has 0 aliphatic rings. The monoisotopic (exact) mass is 557 g/mol. The Bertz CT molecular complexity index is 1370. The van der Waals surface area contributed by atoms with E-state index in [1.807, 2.05) is 18.2 Å². The van der Waals surface area contributed by atoms with E-state index in [9.17, 15) is 9.90 Å². The van der Waals surface area contributed by atoms with Gasteiger partial charge in [0.2, 0.25) is 5.91 Å². The van der Waals surface area contributed by atoms with Gasteiger partial charge < -0.3 is 19.9 Å². The lowest BCUT2D eigenvalue weighted by molar-refractivity contribution is -0.113. The number of thioether (sulfide) groups is 1. The fourth-order valence-corrected chi connectivity index (χ4v) is 5.31. The summed E-state index contributed by atoms with van der Waals surface area (Å²) in [6.07, 6.45) is 1.62. The average Bonchev–Trinajstić information content (AvgIpc) is 3.25. The molecule has 4 rings (SSSR count). The van der Waals surface area contributed by atoms with Gasteiger partial charge in [0.05, 0.1) is 41.6 Å². The van der Waals surface area contributed by atoms with Crippen molar-refractivity contribution in [2.75, 3.05) is 25.3 Å². The molecule has 0 unspecified atom stereocenters. The number of aromatic nitrogens is 1. The Morgan fingerprint density at radius 3 is 2.82 bits per heavy atom.